The van der Waals surface area contributed by atoms with Gasteiger partial charge in [-0.25, -0.2) is 9.98 Å². The molecule has 1 aliphatic rings. The van der Waals surface area contributed by atoms with Crippen molar-refractivity contribution in [1.29, 1.82) is 0 Å². The first-order chi connectivity index (χ1) is 13.4. The monoisotopic (exact) mass is 372 g/mol. The van der Waals surface area contributed by atoms with Crippen LogP contribution in [-0.2, 0) is 6.42 Å². The van der Waals surface area contributed by atoms with Crippen molar-refractivity contribution in [2.45, 2.75) is 33.6 Å². The molecule has 0 saturated carbocycles. The molecule has 0 unspecified atom stereocenters. The van der Waals surface area contributed by atoms with E-state index in [1.165, 1.54) is 16.7 Å². The lowest BCUT2D eigenvalue weighted by Crippen LogP contribution is -2.42. The Morgan fingerprint density at radius 1 is 1.07 bits per heavy atom. The van der Waals surface area contributed by atoms with Crippen LogP contribution >= 0.6 is 0 Å². The molecule has 1 N–H and O–H groups in total. The summed E-state index contributed by atoms with van der Waals surface area (Å²) in [5.74, 6) is 0.591. The second kappa shape index (κ2) is 7.08. The summed E-state index contributed by atoms with van der Waals surface area (Å²) in [7, 11) is 0. The highest BCUT2D eigenvalue weighted by molar-refractivity contribution is 5.77. The SMILES string of the molecule is C=c1nc2c(c(=O)[nH]1)=Nc1cc(C)c(C)cc1N2CCCc1ccc(C)cc1. The van der Waals surface area contributed by atoms with E-state index in [4.69, 9.17) is 0 Å². The molecule has 142 valence electrons. The van der Waals surface area contributed by atoms with Crippen LogP contribution in [0.3, 0.4) is 0 Å². The van der Waals surface area contributed by atoms with Crippen LogP contribution in [0.4, 0.5) is 17.2 Å². The van der Waals surface area contributed by atoms with Gasteiger partial charge < -0.3 is 9.88 Å². The Bertz CT molecular complexity index is 1210. The van der Waals surface area contributed by atoms with Gasteiger partial charge in [0.25, 0.3) is 5.56 Å². The highest BCUT2D eigenvalue weighted by Crippen LogP contribution is 2.36. The number of anilines is 2. The van der Waals surface area contributed by atoms with Crippen molar-refractivity contribution in [2.75, 3.05) is 11.4 Å². The molecule has 1 aromatic heterocycles. The van der Waals surface area contributed by atoms with Crippen LogP contribution in [0.25, 0.3) is 6.58 Å². The molecule has 28 heavy (non-hydrogen) atoms. The van der Waals surface area contributed by atoms with Crippen LogP contribution in [0.5, 0.6) is 0 Å². The topological polar surface area (TPSA) is 61.4 Å². The number of hydrogen-bond donors (Lipinski definition) is 1. The zero-order chi connectivity index (χ0) is 19.8. The number of aromatic amines is 1. The molecule has 3 aromatic rings. The number of benzene rings is 2. The molecule has 4 rings (SSSR count). The van der Waals surface area contributed by atoms with E-state index < -0.39 is 0 Å². The van der Waals surface area contributed by atoms with Crippen molar-refractivity contribution in [3.05, 3.63) is 79.8 Å². The summed E-state index contributed by atoms with van der Waals surface area (Å²) in [4.78, 5) is 26.4. The Morgan fingerprint density at radius 2 is 1.79 bits per heavy atom. The third-order valence-corrected chi connectivity index (χ3v) is 5.26. The molecule has 0 bridgehead atoms. The van der Waals surface area contributed by atoms with E-state index in [1.807, 2.05) is 6.07 Å². The summed E-state index contributed by atoms with van der Waals surface area (Å²) >= 11 is 0. The van der Waals surface area contributed by atoms with Gasteiger partial charge in [-0.3, -0.25) is 4.79 Å². The Labute approximate surface area is 164 Å². The minimum Gasteiger partial charge on any atom is -0.322 e. The van der Waals surface area contributed by atoms with Gasteiger partial charge in [0, 0.05) is 6.54 Å². The minimum atomic E-state index is -0.248. The molecule has 0 fully saturated rings. The van der Waals surface area contributed by atoms with E-state index >= 15 is 0 Å². The van der Waals surface area contributed by atoms with E-state index in [1.54, 1.807) is 0 Å². The van der Waals surface area contributed by atoms with Gasteiger partial charge in [0.05, 0.1) is 11.4 Å². The van der Waals surface area contributed by atoms with Gasteiger partial charge in [0.15, 0.2) is 11.2 Å². The molecule has 2 aromatic carbocycles. The predicted octanol–water partition coefficient (Wildman–Crippen LogP) is 3.14. The molecule has 0 aliphatic carbocycles. The second-order valence-corrected chi connectivity index (χ2v) is 7.46. The summed E-state index contributed by atoms with van der Waals surface area (Å²) in [6.07, 6.45) is 1.90. The molecule has 5 nitrogen and oxygen atoms in total. The highest BCUT2D eigenvalue weighted by atomic mass is 16.1. The molecular formula is C23H24N4O. The van der Waals surface area contributed by atoms with E-state index in [9.17, 15) is 4.79 Å². The summed E-state index contributed by atoms with van der Waals surface area (Å²) in [6.45, 7) is 10.8. The largest absolute Gasteiger partial charge is 0.322 e. The molecule has 0 amide bonds. The molecule has 0 radical (unpaired) electrons. The number of rotatable bonds is 4. The quantitative estimate of drug-likeness (QED) is 0.765. The van der Waals surface area contributed by atoms with Crippen molar-refractivity contribution >= 4 is 23.8 Å². The maximum Gasteiger partial charge on any atom is 0.279 e. The lowest BCUT2D eigenvalue weighted by molar-refractivity contribution is 0.784. The van der Waals surface area contributed by atoms with Crippen LogP contribution in [0.1, 0.15) is 28.7 Å². The van der Waals surface area contributed by atoms with Crippen LogP contribution in [0, 0.1) is 20.8 Å². The van der Waals surface area contributed by atoms with E-state index in [-0.39, 0.29) is 5.56 Å². The molecule has 2 heterocycles. The number of nitrogens with one attached hydrogen (secondary N) is 1. The van der Waals surface area contributed by atoms with Crippen LogP contribution < -0.4 is 21.3 Å². The zero-order valence-corrected chi connectivity index (χ0v) is 16.5. The predicted molar refractivity (Wildman–Crippen MR) is 113 cm³/mol. The lowest BCUT2D eigenvalue weighted by atomic mass is 10.0. The highest BCUT2D eigenvalue weighted by Gasteiger charge is 2.23. The molecule has 0 atom stereocenters. The van der Waals surface area contributed by atoms with Gasteiger partial charge in [0.1, 0.15) is 5.48 Å². The maximum atomic E-state index is 12.5. The van der Waals surface area contributed by atoms with Crippen molar-refractivity contribution in [3.63, 3.8) is 0 Å². The summed E-state index contributed by atoms with van der Waals surface area (Å²) < 4.78 is 0. The number of aromatic nitrogens is 2. The third kappa shape index (κ3) is 3.36. The van der Waals surface area contributed by atoms with Crippen LogP contribution in [-0.4, -0.2) is 16.5 Å². The van der Waals surface area contributed by atoms with Gasteiger partial charge in [-0.05, 0) is 62.4 Å². The first-order valence-corrected chi connectivity index (χ1v) is 9.55. The fourth-order valence-electron chi connectivity index (χ4n) is 3.54. The number of H-pyrrole nitrogens is 1. The smallest absolute Gasteiger partial charge is 0.279 e. The van der Waals surface area contributed by atoms with Crippen molar-refractivity contribution in [2.24, 2.45) is 4.99 Å². The summed E-state index contributed by atoms with van der Waals surface area (Å²) in [5, 5.41) is 0.360. The molecular weight excluding hydrogens is 348 g/mol. The normalized spacial score (nSPS) is 12.3. The second-order valence-electron chi connectivity index (χ2n) is 7.46. The number of fused-ring (bicyclic) bond motifs is 2. The minimum absolute atomic E-state index is 0.248. The third-order valence-electron chi connectivity index (χ3n) is 5.26. The summed E-state index contributed by atoms with van der Waals surface area (Å²) in [5.41, 5.74) is 6.85. The Morgan fingerprint density at radius 3 is 2.54 bits per heavy atom. The standard InChI is InChI=1S/C23H24N4O/c1-14-7-9-18(10-8-14)6-5-11-27-20-13-16(3)15(2)12-19(20)26-21-22(27)24-17(4)25-23(21)28/h7-10,12-13H,4-6,11H2,1-3H3,(H,25,28). The van der Waals surface area contributed by atoms with Gasteiger partial charge >= 0.3 is 0 Å². The average molecular weight is 372 g/mol. The van der Waals surface area contributed by atoms with Crippen LogP contribution in [0.2, 0.25) is 0 Å². The Balaban J connectivity index is 1.73. The van der Waals surface area contributed by atoms with Crippen molar-refractivity contribution < 1.29 is 0 Å². The molecule has 5 heteroatoms. The molecule has 0 spiro atoms. The molecule has 0 saturated heterocycles. The van der Waals surface area contributed by atoms with Gasteiger partial charge in [-0.2, -0.15) is 0 Å². The number of hydrogen-bond acceptors (Lipinski definition) is 4. The first-order valence-electron chi connectivity index (χ1n) is 9.55. The first kappa shape index (κ1) is 18.2. The fourth-order valence-corrected chi connectivity index (χ4v) is 3.54. The number of nitrogens with zero attached hydrogens (tertiary/aromatic N) is 3. The zero-order valence-electron chi connectivity index (χ0n) is 16.5. The lowest BCUT2D eigenvalue weighted by Gasteiger charge is -2.28. The average Bonchev–Trinajstić information content (AvgIpc) is 2.65. The maximum absolute atomic E-state index is 12.5. The summed E-state index contributed by atoms with van der Waals surface area (Å²) in [6, 6.07) is 12.8. The van der Waals surface area contributed by atoms with Crippen molar-refractivity contribution in [3.8, 4) is 0 Å². The van der Waals surface area contributed by atoms with E-state index in [0.717, 1.165) is 36.3 Å². The van der Waals surface area contributed by atoms with E-state index in [2.05, 4.69) is 77.5 Å². The van der Waals surface area contributed by atoms with E-state index in [0.29, 0.717) is 16.7 Å². The van der Waals surface area contributed by atoms with Gasteiger partial charge in [0.2, 0.25) is 0 Å². The Kier molecular flexibility index (Phi) is 4.59. The Hall–Kier alpha value is -3.21. The van der Waals surface area contributed by atoms with Gasteiger partial charge in [-0.1, -0.05) is 36.4 Å². The van der Waals surface area contributed by atoms with Gasteiger partial charge in [-0.15, -0.1) is 0 Å². The van der Waals surface area contributed by atoms with Crippen LogP contribution in [0.15, 0.2) is 46.2 Å². The van der Waals surface area contributed by atoms with Crippen molar-refractivity contribution in [1.82, 2.24) is 9.97 Å². The number of aryl methyl sites for hydroxylation is 4. The fraction of sp³-hybridized carbons (Fsp3) is 0.261. The molecule has 1 aliphatic heterocycles.